The summed E-state index contributed by atoms with van der Waals surface area (Å²) >= 11 is 0. The van der Waals surface area contributed by atoms with Crippen molar-refractivity contribution < 1.29 is 0 Å². The van der Waals surface area contributed by atoms with Crippen molar-refractivity contribution in [2.45, 2.75) is 6.04 Å². The Hall–Kier alpha value is -1.09. The highest BCUT2D eigenvalue weighted by molar-refractivity contribution is 5.15. The Morgan fingerprint density at radius 3 is 3.20 bits per heavy atom. The lowest BCUT2D eigenvalue weighted by molar-refractivity contribution is 0.696. The van der Waals surface area contributed by atoms with Crippen LogP contribution in [-0.4, -0.2) is 16.5 Å². The zero-order valence-corrected chi connectivity index (χ0v) is 5.54. The molecule has 1 atom stereocenters. The maximum absolute atomic E-state index is 3.94. The van der Waals surface area contributed by atoms with E-state index in [0.29, 0.717) is 6.04 Å². The van der Waals surface area contributed by atoms with E-state index in [-0.39, 0.29) is 0 Å². The molecule has 0 aliphatic carbocycles. The topological polar surface area (TPSA) is 40.7 Å². The number of H-pyrrole nitrogens is 1. The van der Waals surface area contributed by atoms with Crippen molar-refractivity contribution in [3.63, 3.8) is 0 Å². The minimum absolute atomic E-state index is 0.350. The van der Waals surface area contributed by atoms with Gasteiger partial charge in [0.05, 0.1) is 18.1 Å². The Labute approximate surface area is 59.2 Å². The van der Waals surface area contributed by atoms with Crippen LogP contribution in [0.25, 0.3) is 0 Å². The number of imidazole rings is 1. The predicted molar refractivity (Wildman–Crippen MR) is 38.5 cm³/mol. The van der Waals surface area contributed by atoms with E-state index in [4.69, 9.17) is 0 Å². The average Bonchev–Trinajstić information content (AvgIpc) is 2.59. The third kappa shape index (κ3) is 0.844. The molecule has 1 unspecified atom stereocenters. The van der Waals surface area contributed by atoms with Crippen molar-refractivity contribution in [3.8, 4) is 0 Å². The van der Waals surface area contributed by atoms with Crippen LogP contribution in [0.4, 0.5) is 0 Å². The molecule has 0 bridgehead atoms. The van der Waals surface area contributed by atoms with Crippen molar-refractivity contribution in [1.82, 2.24) is 15.3 Å². The first-order chi connectivity index (χ1) is 4.97. The third-order valence-electron chi connectivity index (χ3n) is 1.64. The molecule has 3 heteroatoms. The highest BCUT2D eigenvalue weighted by atomic mass is 15.0. The lowest BCUT2D eigenvalue weighted by Crippen LogP contribution is -2.13. The fourth-order valence-corrected chi connectivity index (χ4v) is 1.12. The zero-order chi connectivity index (χ0) is 6.81. The quantitative estimate of drug-likeness (QED) is 0.554. The van der Waals surface area contributed by atoms with Gasteiger partial charge in [0.2, 0.25) is 0 Å². The van der Waals surface area contributed by atoms with E-state index in [9.17, 15) is 0 Å². The minimum Gasteiger partial charge on any atom is -0.347 e. The van der Waals surface area contributed by atoms with Gasteiger partial charge in [-0.2, -0.15) is 0 Å². The van der Waals surface area contributed by atoms with Gasteiger partial charge in [0.1, 0.15) is 0 Å². The summed E-state index contributed by atoms with van der Waals surface area (Å²) in [4.78, 5) is 6.99. The van der Waals surface area contributed by atoms with Crippen molar-refractivity contribution in [3.05, 3.63) is 30.4 Å². The van der Waals surface area contributed by atoms with Gasteiger partial charge >= 0.3 is 0 Å². The number of nitrogens with one attached hydrogen (secondary N) is 2. The molecule has 0 saturated carbocycles. The Bertz CT molecular complexity index is 225. The second kappa shape index (κ2) is 2.27. The van der Waals surface area contributed by atoms with Crippen LogP contribution < -0.4 is 5.32 Å². The van der Waals surface area contributed by atoms with Gasteiger partial charge in [-0.15, -0.1) is 0 Å². The van der Waals surface area contributed by atoms with Crippen molar-refractivity contribution in [2.75, 3.05) is 6.54 Å². The number of hydrogen-bond acceptors (Lipinski definition) is 2. The number of hydrogen-bond donors (Lipinski definition) is 2. The van der Waals surface area contributed by atoms with Crippen LogP contribution in [0.2, 0.25) is 0 Å². The summed E-state index contributed by atoms with van der Waals surface area (Å²) in [5.41, 5.74) is 1.13. The summed E-state index contributed by atoms with van der Waals surface area (Å²) < 4.78 is 0. The van der Waals surface area contributed by atoms with Gasteiger partial charge in [-0.25, -0.2) is 4.98 Å². The second-order valence-electron chi connectivity index (χ2n) is 2.32. The van der Waals surface area contributed by atoms with Gasteiger partial charge < -0.3 is 10.3 Å². The van der Waals surface area contributed by atoms with Crippen LogP contribution in [0, 0.1) is 0 Å². The van der Waals surface area contributed by atoms with Crippen LogP contribution in [-0.2, 0) is 0 Å². The van der Waals surface area contributed by atoms with Crippen LogP contribution in [0.3, 0.4) is 0 Å². The number of rotatable bonds is 1. The van der Waals surface area contributed by atoms with E-state index in [1.165, 1.54) is 0 Å². The second-order valence-corrected chi connectivity index (χ2v) is 2.32. The maximum atomic E-state index is 3.94. The molecule has 10 heavy (non-hydrogen) atoms. The number of nitrogens with zero attached hydrogens (tertiary/aromatic N) is 1. The average molecular weight is 135 g/mol. The molecule has 1 aromatic rings. The summed E-state index contributed by atoms with van der Waals surface area (Å²) in [5, 5.41) is 3.28. The summed E-state index contributed by atoms with van der Waals surface area (Å²) in [7, 11) is 0. The van der Waals surface area contributed by atoms with E-state index < -0.39 is 0 Å². The van der Waals surface area contributed by atoms with Gasteiger partial charge in [0.25, 0.3) is 0 Å². The lowest BCUT2D eigenvalue weighted by atomic mass is 10.2. The standard InChI is InChI=1S/C7H9N3/c1-2-6(9-3-1)7-4-8-5-10-7/h1-2,4-6,9H,3H2,(H,8,10). The molecule has 0 spiro atoms. The van der Waals surface area contributed by atoms with Gasteiger partial charge in [-0.3, -0.25) is 0 Å². The molecule has 2 heterocycles. The zero-order valence-electron chi connectivity index (χ0n) is 5.54. The normalized spacial score (nSPS) is 23.8. The number of aromatic amines is 1. The summed E-state index contributed by atoms with van der Waals surface area (Å²) in [6.45, 7) is 0.962. The molecular formula is C7H9N3. The lowest BCUT2D eigenvalue weighted by Gasteiger charge is -2.03. The molecule has 0 radical (unpaired) electrons. The Morgan fingerprint density at radius 1 is 1.60 bits per heavy atom. The van der Waals surface area contributed by atoms with E-state index in [2.05, 4.69) is 27.4 Å². The third-order valence-corrected chi connectivity index (χ3v) is 1.64. The Balaban J connectivity index is 2.20. The van der Waals surface area contributed by atoms with Gasteiger partial charge in [0.15, 0.2) is 0 Å². The first-order valence-electron chi connectivity index (χ1n) is 3.35. The monoisotopic (exact) mass is 135 g/mol. The molecule has 3 nitrogen and oxygen atoms in total. The molecule has 2 N–H and O–H groups in total. The molecule has 1 aromatic heterocycles. The van der Waals surface area contributed by atoms with Crippen molar-refractivity contribution in [2.24, 2.45) is 0 Å². The van der Waals surface area contributed by atoms with Gasteiger partial charge in [-0.1, -0.05) is 12.2 Å². The molecular weight excluding hydrogens is 126 g/mol. The molecule has 0 saturated heterocycles. The molecule has 2 rings (SSSR count). The molecule has 52 valence electrons. The number of aromatic nitrogens is 2. The fraction of sp³-hybridized carbons (Fsp3) is 0.286. The maximum Gasteiger partial charge on any atom is 0.0922 e. The van der Waals surface area contributed by atoms with Crippen LogP contribution in [0.1, 0.15) is 11.7 Å². The van der Waals surface area contributed by atoms with Crippen molar-refractivity contribution in [1.29, 1.82) is 0 Å². The van der Waals surface area contributed by atoms with Gasteiger partial charge in [0, 0.05) is 12.7 Å². The highest BCUT2D eigenvalue weighted by Gasteiger charge is 2.10. The molecule has 1 aliphatic heterocycles. The summed E-state index contributed by atoms with van der Waals surface area (Å²) in [6, 6.07) is 0.350. The molecule has 0 fully saturated rings. The first kappa shape index (κ1) is 5.68. The van der Waals surface area contributed by atoms with Crippen molar-refractivity contribution >= 4 is 0 Å². The van der Waals surface area contributed by atoms with E-state index in [0.717, 1.165) is 12.2 Å². The SMILES string of the molecule is C1=CC(c2cnc[nH]2)NC1. The predicted octanol–water partition coefficient (Wildman–Crippen LogP) is 0.610. The van der Waals surface area contributed by atoms with E-state index in [1.807, 2.05) is 6.20 Å². The smallest absolute Gasteiger partial charge is 0.0922 e. The summed E-state index contributed by atoms with van der Waals surface area (Å²) in [5.74, 6) is 0. The molecule has 0 aromatic carbocycles. The largest absolute Gasteiger partial charge is 0.347 e. The molecule has 1 aliphatic rings. The Kier molecular flexibility index (Phi) is 1.29. The van der Waals surface area contributed by atoms with Crippen LogP contribution in [0.15, 0.2) is 24.7 Å². The highest BCUT2D eigenvalue weighted by Crippen LogP contribution is 2.13. The fourth-order valence-electron chi connectivity index (χ4n) is 1.12. The van der Waals surface area contributed by atoms with Crippen LogP contribution >= 0.6 is 0 Å². The minimum atomic E-state index is 0.350. The molecule has 0 amide bonds. The summed E-state index contributed by atoms with van der Waals surface area (Å²) in [6.07, 6.45) is 7.79. The first-order valence-corrected chi connectivity index (χ1v) is 3.35. The van der Waals surface area contributed by atoms with Gasteiger partial charge in [-0.05, 0) is 0 Å². The van der Waals surface area contributed by atoms with Crippen LogP contribution in [0.5, 0.6) is 0 Å². The Morgan fingerprint density at radius 2 is 2.60 bits per heavy atom. The van der Waals surface area contributed by atoms with E-state index in [1.54, 1.807) is 6.33 Å². The van der Waals surface area contributed by atoms with E-state index >= 15 is 0 Å².